The number of nitrogens with one attached hydrogen (secondary N) is 2. The van der Waals surface area contributed by atoms with Crippen molar-refractivity contribution in [2.45, 2.75) is 30.4 Å². The maximum absolute atomic E-state index is 13.0. The lowest BCUT2D eigenvalue weighted by molar-refractivity contribution is -0.115. The molecule has 0 radical (unpaired) electrons. The Hall–Kier alpha value is -3.36. The minimum atomic E-state index is -0.302. The van der Waals surface area contributed by atoms with E-state index >= 15 is 0 Å². The molecule has 0 fully saturated rings. The van der Waals surface area contributed by atoms with E-state index in [0.717, 1.165) is 26.4 Å². The summed E-state index contributed by atoms with van der Waals surface area (Å²) in [5.74, 6) is 0.496. The van der Waals surface area contributed by atoms with Crippen molar-refractivity contribution in [3.63, 3.8) is 0 Å². The molecule has 1 heterocycles. The lowest BCUT2D eigenvalue weighted by atomic mass is 10.1. The Kier molecular flexibility index (Phi) is 7.49. The first kappa shape index (κ1) is 23.8. The summed E-state index contributed by atoms with van der Waals surface area (Å²) >= 11 is 2.88. The Morgan fingerprint density at radius 1 is 1.06 bits per heavy atom. The number of hydrogen-bond donors (Lipinski definition) is 2. The molecule has 1 unspecified atom stereocenters. The third kappa shape index (κ3) is 5.58. The number of aryl methyl sites for hydroxylation is 1. The number of aromatic nitrogens is 1. The molecule has 8 heteroatoms. The minimum Gasteiger partial charge on any atom is -0.497 e. The number of methoxy groups -OCH3 is 1. The van der Waals surface area contributed by atoms with Gasteiger partial charge in [-0.25, -0.2) is 4.98 Å². The van der Waals surface area contributed by atoms with Crippen LogP contribution >= 0.6 is 23.1 Å². The highest BCUT2D eigenvalue weighted by atomic mass is 32.2. The maximum atomic E-state index is 13.0. The topological polar surface area (TPSA) is 80.3 Å². The van der Waals surface area contributed by atoms with E-state index in [-0.39, 0.29) is 17.1 Å². The molecule has 4 aromatic rings. The SMILES string of the molecule is CCC(Sc1cccc(NC(=O)c2ccccc2C)c1)C(=O)Nc1nc2ccc(OC)cc2s1. The third-order valence-corrected chi connectivity index (χ3v) is 7.54. The first-order chi connectivity index (χ1) is 16.5. The molecule has 1 aromatic heterocycles. The van der Waals surface area contributed by atoms with E-state index in [1.54, 1.807) is 13.2 Å². The molecule has 4 rings (SSSR count). The number of amides is 2. The fourth-order valence-corrected chi connectivity index (χ4v) is 5.34. The van der Waals surface area contributed by atoms with Crippen molar-refractivity contribution in [1.29, 1.82) is 0 Å². The van der Waals surface area contributed by atoms with Crippen molar-refractivity contribution < 1.29 is 14.3 Å². The number of thiazole rings is 1. The molecule has 0 aliphatic rings. The Balaban J connectivity index is 1.43. The van der Waals surface area contributed by atoms with Crippen LogP contribution in [0, 0.1) is 6.92 Å². The van der Waals surface area contributed by atoms with Crippen LogP contribution in [-0.2, 0) is 4.79 Å². The zero-order valence-electron chi connectivity index (χ0n) is 19.1. The summed E-state index contributed by atoms with van der Waals surface area (Å²) in [5, 5.41) is 6.16. The van der Waals surface area contributed by atoms with Gasteiger partial charge in [0.1, 0.15) is 5.75 Å². The van der Waals surface area contributed by atoms with E-state index in [4.69, 9.17) is 4.74 Å². The van der Waals surface area contributed by atoms with Crippen LogP contribution in [0.3, 0.4) is 0 Å². The summed E-state index contributed by atoms with van der Waals surface area (Å²) in [4.78, 5) is 31.0. The van der Waals surface area contributed by atoms with Crippen LogP contribution in [0.5, 0.6) is 5.75 Å². The van der Waals surface area contributed by atoms with Crippen LogP contribution < -0.4 is 15.4 Å². The summed E-state index contributed by atoms with van der Waals surface area (Å²) in [6.45, 7) is 3.89. The number of thioether (sulfide) groups is 1. The van der Waals surface area contributed by atoms with Crippen molar-refractivity contribution in [2.75, 3.05) is 17.7 Å². The lowest BCUT2D eigenvalue weighted by Crippen LogP contribution is -2.24. The predicted molar refractivity (Wildman–Crippen MR) is 140 cm³/mol. The summed E-state index contributed by atoms with van der Waals surface area (Å²) < 4.78 is 6.21. The van der Waals surface area contributed by atoms with Crippen LogP contribution in [0.25, 0.3) is 10.2 Å². The number of hydrogen-bond acceptors (Lipinski definition) is 6. The van der Waals surface area contributed by atoms with Gasteiger partial charge in [0.05, 0.1) is 22.6 Å². The molecule has 0 spiro atoms. The molecular weight excluding hydrogens is 466 g/mol. The van der Waals surface area contributed by atoms with Gasteiger partial charge >= 0.3 is 0 Å². The number of fused-ring (bicyclic) bond motifs is 1. The summed E-state index contributed by atoms with van der Waals surface area (Å²) in [6, 6.07) is 20.7. The van der Waals surface area contributed by atoms with Gasteiger partial charge in [-0.3, -0.25) is 9.59 Å². The van der Waals surface area contributed by atoms with E-state index in [2.05, 4.69) is 15.6 Å². The van der Waals surface area contributed by atoms with Crippen LogP contribution in [0.4, 0.5) is 10.8 Å². The van der Waals surface area contributed by atoms with Gasteiger partial charge in [0.15, 0.2) is 5.13 Å². The zero-order valence-corrected chi connectivity index (χ0v) is 20.8. The monoisotopic (exact) mass is 491 g/mol. The highest BCUT2D eigenvalue weighted by Crippen LogP contribution is 2.32. The second-order valence-electron chi connectivity index (χ2n) is 7.65. The van der Waals surface area contributed by atoms with Gasteiger partial charge in [0.25, 0.3) is 5.91 Å². The molecular formula is C26H25N3O3S2. The third-order valence-electron chi connectivity index (χ3n) is 5.25. The number of rotatable bonds is 8. The van der Waals surface area contributed by atoms with Crippen molar-refractivity contribution in [3.05, 3.63) is 77.9 Å². The van der Waals surface area contributed by atoms with Crippen LogP contribution in [0.1, 0.15) is 29.3 Å². The quantitative estimate of drug-likeness (QED) is 0.280. The van der Waals surface area contributed by atoms with Gasteiger partial charge in [0, 0.05) is 16.1 Å². The number of anilines is 2. The molecule has 0 saturated carbocycles. The molecule has 0 bridgehead atoms. The number of ether oxygens (including phenoxy) is 1. The standard InChI is InChI=1S/C26H25N3O3S2/c1-4-22(25(31)29-26-28-21-13-12-18(32-3)15-23(21)34-26)33-19-10-7-9-17(14-19)27-24(30)20-11-6-5-8-16(20)2/h5-15,22H,4H2,1-3H3,(H,27,30)(H,28,29,31). The minimum absolute atomic E-state index is 0.104. The van der Waals surface area contributed by atoms with Crippen molar-refractivity contribution in [1.82, 2.24) is 4.98 Å². The van der Waals surface area contributed by atoms with Crippen LogP contribution in [0.2, 0.25) is 0 Å². The van der Waals surface area contributed by atoms with Crippen molar-refractivity contribution >= 4 is 55.9 Å². The Morgan fingerprint density at radius 3 is 2.65 bits per heavy atom. The summed E-state index contributed by atoms with van der Waals surface area (Å²) in [7, 11) is 1.62. The van der Waals surface area contributed by atoms with Crippen molar-refractivity contribution in [3.8, 4) is 5.75 Å². The van der Waals surface area contributed by atoms with Crippen LogP contribution in [0.15, 0.2) is 71.6 Å². The molecule has 0 aliphatic carbocycles. The molecule has 2 amide bonds. The van der Waals surface area contributed by atoms with Gasteiger partial charge < -0.3 is 15.4 Å². The maximum Gasteiger partial charge on any atom is 0.255 e. The molecule has 3 aromatic carbocycles. The highest BCUT2D eigenvalue weighted by molar-refractivity contribution is 8.00. The zero-order chi connectivity index (χ0) is 24.1. The fraction of sp³-hybridized carbons (Fsp3) is 0.192. The van der Waals surface area contributed by atoms with E-state index < -0.39 is 0 Å². The first-order valence-corrected chi connectivity index (χ1v) is 12.6. The number of nitrogens with zero attached hydrogens (tertiary/aromatic N) is 1. The Labute approximate surface area is 206 Å². The van der Waals surface area contributed by atoms with Crippen molar-refractivity contribution in [2.24, 2.45) is 0 Å². The number of carbonyl (C=O) groups excluding carboxylic acids is 2. The van der Waals surface area contributed by atoms with Crippen LogP contribution in [-0.4, -0.2) is 29.2 Å². The van der Waals surface area contributed by atoms with Gasteiger partial charge in [-0.2, -0.15) is 0 Å². The molecule has 0 saturated heterocycles. The smallest absolute Gasteiger partial charge is 0.255 e. The van der Waals surface area contributed by atoms with Gasteiger partial charge in [-0.05, 0) is 61.4 Å². The molecule has 0 aliphatic heterocycles. The molecule has 6 nitrogen and oxygen atoms in total. The lowest BCUT2D eigenvalue weighted by Gasteiger charge is -2.14. The molecule has 34 heavy (non-hydrogen) atoms. The normalized spacial score (nSPS) is 11.7. The van der Waals surface area contributed by atoms with E-state index in [1.165, 1.54) is 23.1 Å². The highest BCUT2D eigenvalue weighted by Gasteiger charge is 2.20. The number of carbonyl (C=O) groups is 2. The summed E-state index contributed by atoms with van der Waals surface area (Å²) in [6.07, 6.45) is 0.648. The summed E-state index contributed by atoms with van der Waals surface area (Å²) in [5.41, 5.74) is 3.06. The van der Waals surface area contributed by atoms with Gasteiger partial charge in [-0.1, -0.05) is 42.5 Å². The second-order valence-corrected chi connectivity index (χ2v) is 9.96. The van der Waals surface area contributed by atoms with Gasteiger partial charge in [-0.15, -0.1) is 11.8 Å². The largest absolute Gasteiger partial charge is 0.497 e. The second kappa shape index (κ2) is 10.7. The average Bonchev–Trinajstić information content (AvgIpc) is 3.24. The van der Waals surface area contributed by atoms with E-state index in [1.807, 2.05) is 74.5 Å². The Morgan fingerprint density at radius 2 is 1.88 bits per heavy atom. The molecule has 2 N–H and O–H groups in total. The predicted octanol–water partition coefficient (Wildman–Crippen LogP) is 6.38. The average molecular weight is 492 g/mol. The molecule has 174 valence electrons. The van der Waals surface area contributed by atoms with Gasteiger partial charge in [0.2, 0.25) is 5.91 Å². The molecule has 1 atom stereocenters. The fourth-order valence-electron chi connectivity index (χ4n) is 3.43. The Bertz CT molecular complexity index is 1340. The first-order valence-electron chi connectivity index (χ1n) is 10.9. The van der Waals surface area contributed by atoms with E-state index in [9.17, 15) is 9.59 Å². The number of benzene rings is 3. The van der Waals surface area contributed by atoms with E-state index in [0.29, 0.717) is 22.8 Å².